The summed E-state index contributed by atoms with van der Waals surface area (Å²) in [7, 11) is 0. The van der Waals surface area contributed by atoms with Crippen molar-refractivity contribution < 1.29 is 39.5 Å². The minimum Gasteiger partial charge on any atom is -0.508 e. The summed E-state index contributed by atoms with van der Waals surface area (Å²) in [6.07, 6.45) is -2.33. The predicted octanol–water partition coefficient (Wildman–Crippen LogP) is 3.35. The van der Waals surface area contributed by atoms with Gasteiger partial charge in [-0.25, -0.2) is 4.79 Å². The van der Waals surface area contributed by atoms with Gasteiger partial charge in [0, 0.05) is 41.1 Å². The Morgan fingerprint density at radius 1 is 0.914 bits per heavy atom. The van der Waals surface area contributed by atoms with Gasteiger partial charge in [-0.2, -0.15) is 0 Å². The molecule has 1 aliphatic heterocycles. The van der Waals surface area contributed by atoms with Crippen LogP contribution < -0.4 is 5.32 Å². The maximum absolute atomic E-state index is 13.4. The summed E-state index contributed by atoms with van der Waals surface area (Å²) in [4.78, 5) is 38.1. The first-order chi connectivity index (χ1) is 16.4. The second-order valence-corrected chi connectivity index (χ2v) is 9.28. The average molecular weight is 486 g/mol. The molecule has 2 aromatic rings. The lowest BCUT2D eigenvalue weighted by atomic mass is 9.76. The number of carboxylic acid groups (broad SMARTS) is 1. The molecule has 3 rings (SSSR count). The van der Waals surface area contributed by atoms with Gasteiger partial charge in [0.25, 0.3) is 0 Å². The number of nitrogens with one attached hydrogen (secondary N) is 1. The number of aliphatic hydroxyl groups excluding tert-OH is 1. The van der Waals surface area contributed by atoms with Crippen LogP contribution in [0.2, 0.25) is 0 Å². The van der Waals surface area contributed by atoms with Gasteiger partial charge in [0.05, 0.1) is 17.6 Å². The first kappa shape index (κ1) is 26.0. The second-order valence-electron chi connectivity index (χ2n) is 9.28. The van der Waals surface area contributed by atoms with Gasteiger partial charge < -0.3 is 30.5 Å². The Morgan fingerprint density at radius 2 is 1.51 bits per heavy atom. The van der Waals surface area contributed by atoms with Crippen LogP contribution in [0.15, 0.2) is 42.5 Å². The second kappa shape index (κ2) is 10.4. The fourth-order valence-electron chi connectivity index (χ4n) is 4.70. The van der Waals surface area contributed by atoms with Gasteiger partial charge in [-0.1, -0.05) is 32.9 Å². The van der Waals surface area contributed by atoms with Crippen molar-refractivity contribution in [3.05, 3.63) is 53.6 Å². The molecule has 35 heavy (non-hydrogen) atoms. The zero-order valence-corrected chi connectivity index (χ0v) is 20.0. The SMILES string of the molecule is C[C@@H]1[C@@H](Nc2ccccc2C(=O)O)[C@@H](C)C(=O)[C@@H](C)[C@@H](O)[C@@H](C)C(=O)O[C@@H]1c1cc(O)cc(O)c1. The summed E-state index contributed by atoms with van der Waals surface area (Å²) in [5.74, 6) is -5.91. The number of ether oxygens (including phenoxy) is 1. The number of aromatic carboxylic acids is 1. The van der Waals surface area contributed by atoms with Crippen molar-refractivity contribution in [2.45, 2.75) is 45.9 Å². The summed E-state index contributed by atoms with van der Waals surface area (Å²) in [5, 5.41) is 43.6. The molecule has 0 aromatic heterocycles. The van der Waals surface area contributed by atoms with Crippen LogP contribution in [0.3, 0.4) is 0 Å². The monoisotopic (exact) mass is 485 g/mol. The van der Waals surface area contributed by atoms with Crippen LogP contribution in [0.5, 0.6) is 11.5 Å². The minimum atomic E-state index is -1.30. The number of cyclic esters (lactones) is 1. The van der Waals surface area contributed by atoms with E-state index in [1.165, 1.54) is 25.1 Å². The number of hydrogen-bond donors (Lipinski definition) is 5. The Morgan fingerprint density at radius 3 is 2.11 bits per heavy atom. The van der Waals surface area contributed by atoms with Crippen molar-refractivity contribution in [1.29, 1.82) is 0 Å². The van der Waals surface area contributed by atoms with Gasteiger partial charge in [0.15, 0.2) is 0 Å². The standard InChI is InChI=1S/C26H31NO8/c1-12-21(27-20-8-6-5-7-19(20)25(32)33)13(2)24(16-9-17(28)11-18(29)10-16)35-26(34)15(4)23(31)14(3)22(12)30/h5-15,21,23-24,27-29,31H,1-4H3,(H,32,33)/t12-,13-,14-,15-,21+,23-,24+/m1/s1. The molecule has 0 amide bonds. The van der Waals surface area contributed by atoms with Crippen LogP contribution in [0.25, 0.3) is 0 Å². The number of aliphatic hydroxyl groups is 1. The highest BCUT2D eigenvalue weighted by atomic mass is 16.5. The smallest absolute Gasteiger partial charge is 0.337 e. The maximum atomic E-state index is 13.4. The van der Waals surface area contributed by atoms with E-state index < -0.39 is 53.9 Å². The number of phenols is 2. The Balaban J connectivity index is 2.15. The summed E-state index contributed by atoms with van der Waals surface area (Å²) >= 11 is 0. The van der Waals surface area contributed by atoms with Crippen molar-refractivity contribution >= 4 is 23.4 Å². The molecule has 7 atom stereocenters. The van der Waals surface area contributed by atoms with Gasteiger partial charge >= 0.3 is 11.9 Å². The van der Waals surface area contributed by atoms with Crippen molar-refractivity contribution in [3.63, 3.8) is 0 Å². The first-order valence-corrected chi connectivity index (χ1v) is 11.5. The van der Waals surface area contributed by atoms with Crippen molar-refractivity contribution in [2.24, 2.45) is 23.7 Å². The van der Waals surface area contributed by atoms with Crippen molar-refractivity contribution in [3.8, 4) is 11.5 Å². The number of carboxylic acids is 1. The Labute approximate surface area is 203 Å². The molecule has 2 aromatic carbocycles. The molecule has 0 radical (unpaired) electrons. The molecule has 9 heteroatoms. The summed E-state index contributed by atoms with van der Waals surface area (Å²) in [5.41, 5.74) is 0.567. The number of rotatable bonds is 4. The van der Waals surface area contributed by atoms with Crippen LogP contribution >= 0.6 is 0 Å². The fraction of sp³-hybridized carbons (Fsp3) is 0.423. The van der Waals surface area contributed by atoms with Crippen LogP contribution in [0.4, 0.5) is 5.69 Å². The molecule has 0 bridgehead atoms. The summed E-state index contributed by atoms with van der Waals surface area (Å²) in [6.45, 7) is 6.43. The Kier molecular flexibility index (Phi) is 7.70. The van der Waals surface area contributed by atoms with E-state index in [1.807, 2.05) is 0 Å². The zero-order valence-electron chi connectivity index (χ0n) is 20.0. The summed E-state index contributed by atoms with van der Waals surface area (Å²) in [6, 6.07) is 9.33. The van der Waals surface area contributed by atoms with E-state index in [-0.39, 0.29) is 34.1 Å². The molecular formula is C26H31NO8. The molecular weight excluding hydrogens is 454 g/mol. The molecule has 9 nitrogen and oxygen atoms in total. The molecule has 1 saturated heterocycles. The average Bonchev–Trinajstić information content (AvgIpc) is 2.81. The van der Waals surface area contributed by atoms with E-state index >= 15 is 0 Å². The van der Waals surface area contributed by atoms with Crippen LogP contribution in [-0.2, 0) is 14.3 Å². The third kappa shape index (κ3) is 5.40. The van der Waals surface area contributed by atoms with E-state index in [0.29, 0.717) is 0 Å². The molecule has 1 heterocycles. The van der Waals surface area contributed by atoms with Gasteiger partial charge in [-0.15, -0.1) is 0 Å². The Hall–Kier alpha value is -3.59. The number of carbonyl (C=O) groups excluding carboxylic acids is 2. The first-order valence-electron chi connectivity index (χ1n) is 11.5. The maximum Gasteiger partial charge on any atom is 0.337 e. The normalized spacial score (nSPS) is 29.8. The number of anilines is 1. The fourth-order valence-corrected chi connectivity index (χ4v) is 4.70. The minimum absolute atomic E-state index is 0.00157. The van der Waals surface area contributed by atoms with Gasteiger partial charge in [0.1, 0.15) is 23.4 Å². The van der Waals surface area contributed by atoms with E-state index in [4.69, 9.17) is 4.74 Å². The van der Waals surface area contributed by atoms with Crippen molar-refractivity contribution in [1.82, 2.24) is 0 Å². The Bertz CT molecular complexity index is 1100. The molecule has 188 valence electrons. The van der Waals surface area contributed by atoms with E-state index in [1.54, 1.807) is 39.0 Å². The lowest BCUT2D eigenvalue weighted by molar-refractivity contribution is -0.164. The lowest BCUT2D eigenvalue weighted by Crippen LogP contribution is -2.48. The number of esters is 1. The highest BCUT2D eigenvalue weighted by molar-refractivity contribution is 5.94. The predicted molar refractivity (Wildman–Crippen MR) is 127 cm³/mol. The molecule has 0 spiro atoms. The van der Waals surface area contributed by atoms with Gasteiger partial charge in [-0.05, 0) is 31.2 Å². The molecule has 5 N–H and O–H groups in total. The van der Waals surface area contributed by atoms with Gasteiger partial charge in [0.2, 0.25) is 0 Å². The highest BCUT2D eigenvalue weighted by Crippen LogP contribution is 2.39. The van der Waals surface area contributed by atoms with Crippen LogP contribution in [0, 0.1) is 23.7 Å². The zero-order chi connectivity index (χ0) is 26.0. The number of Topliss-reactive ketones (excluding diaryl/α,β-unsaturated/α-hetero) is 1. The molecule has 0 aliphatic carbocycles. The third-order valence-electron chi connectivity index (χ3n) is 6.85. The topological polar surface area (TPSA) is 153 Å². The molecule has 0 unspecified atom stereocenters. The van der Waals surface area contributed by atoms with Gasteiger partial charge in [-0.3, -0.25) is 9.59 Å². The largest absolute Gasteiger partial charge is 0.508 e. The molecule has 0 saturated carbocycles. The lowest BCUT2D eigenvalue weighted by Gasteiger charge is -2.39. The number of para-hydroxylation sites is 1. The number of ketones is 1. The van der Waals surface area contributed by atoms with E-state index in [9.17, 15) is 34.8 Å². The van der Waals surface area contributed by atoms with E-state index in [2.05, 4.69) is 5.32 Å². The quantitative estimate of drug-likeness (QED) is 0.410. The number of benzene rings is 2. The highest BCUT2D eigenvalue weighted by Gasteiger charge is 2.43. The summed E-state index contributed by atoms with van der Waals surface area (Å²) < 4.78 is 5.81. The number of aromatic hydroxyl groups is 2. The number of phenolic OH excluding ortho intramolecular Hbond substituents is 2. The van der Waals surface area contributed by atoms with Crippen LogP contribution in [-0.4, -0.2) is 50.3 Å². The van der Waals surface area contributed by atoms with Crippen molar-refractivity contribution in [2.75, 3.05) is 5.32 Å². The third-order valence-corrected chi connectivity index (χ3v) is 6.85. The van der Waals surface area contributed by atoms with Crippen LogP contribution in [0.1, 0.15) is 49.7 Å². The number of hydrogen-bond acceptors (Lipinski definition) is 8. The molecule has 1 fully saturated rings. The molecule has 1 aliphatic rings. The van der Waals surface area contributed by atoms with E-state index in [0.717, 1.165) is 6.07 Å². The number of carbonyl (C=O) groups is 3.